The van der Waals surface area contributed by atoms with E-state index in [1.807, 2.05) is 19.1 Å². The van der Waals surface area contributed by atoms with Crippen LogP contribution in [0.3, 0.4) is 0 Å². The van der Waals surface area contributed by atoms with Gasteiger partial charge in [0.15, 0.2) is 0 Å². The van der Waals surface area contributed by atoms with E-state index in [1.54, 1.807) is 26.1 Å². The Bertz CT molecular complexity index is 389. The Morgan fingerprint density at radius 1 is 1.41 bits per heavy atom. The minimum Gasteiger partial charge on any atom is -0.496 e. The van der Waals surface area contributed by atoms with Crippen LogP contribution in [0, 0.1) is 6.92 Å². The van der Waals surface area contributed by atoms with Gasteiger partial charge in [-0.3, -0.25) is 4.79 Å². The van der Waals surface area contributed by atoms with Gasteiger partial charge in [0, 0.05) is 20.6 Å². The van der Waals surface area contributed by atoms with Gasteiger partial charge in [0.1, 0.15) is 5.75 Å². The number of benzene rings is 1. The Labute approximate surface area is 103 Å². The van der Waals surface area contributed by atoms with Gasteiger partial charge in [-0.1, -0.05) is 12.1 Å². The van der Waals surface area contributed by atoms with E-state index in [-0.39, 0.29) is 5.91 Å². The minimum atomic E-state index is 0.0789. The highest BCUT2D eigenvalue weighted by Crippen LogP contribution is 2.18. The van der Waals surface area contributed by atoms with E-state index in [9.17, 15) is 4.79 Å². The zero-order chi connectivity index (χ0) is 12.8. The van der Waals surface area contributed by atoms with Gasteiger partial charge in [0.2, 0.25) is 5.91 Å². The second kappa shape index (κ2) is 6.25. The summed E-state index contributed by atoms with van der Waals surface area (Å²) >= 11 is 0. The van der Waals surface area contributed by atoms with Gasteiger partial charge in [-0.05, 0) is 24.1 Å². The predicted octanol–water partition coefficient (Wildman–Crippen LogP) is 1.18. The largest absolute Gasteiger partial charge is 0.496 e. The van der Waals surface area contributed by atoms with E-state index in [2.05, 4.69) is 11.4 Å². The number of nitrogens with zero attached hydrogens (tertiary/aromatic N) is 1. The standard InChI is InChI=1S/C13H20N2O2/c1-10-7-11(5-6-12(10)17-4)8-14-9-13(16)15(2)3/h5-7,14H,8-9H2,1-4H3. The van der Waals surface area contributed by atoms with Crippen LogP contribution in [-0.2, 0) is 11.3 Å². The van der Waals surface area contributed by atoms with E-state index in [1.165, 1.54) is 0 Å². The smallest absolute Gasteiger partial charge is 0.236 e. The molecular weight excluding hydrogens is 216 g/mol. The molecule has 0 spiro atoms. The van der Waals surface area contributed by atoms with Crippen LogP contribution in [0.2, 0.25) is 0 Å². The molecule has 0 aliphatic heterocycles. The van der Waals surface area contributed by atoms with E-state index < -0.39 is 0 Å². The molecule has 17 heavy (non-hydrogen) atoms. The van der Waals surface area contributed by atoms with Gasteiger partial charge in [-0.2, -0.15) is 0 Å². The summed E-state index contributed by atoms with van der Waals surface area (Å²) in [5.41, 5.74) is 2.25. The normalized spacial score (nSPS) is 10.1. The number of carbonyl (C=O) groups is 1. The summed E-state index contributed by atoms with van der Waals surface area (Å²) in [5.74, 6) is 0.966. The monoisotopic (exact) mass is 236 g/mol. The maximum Gasteiger partial charge on any atom is 0.236 e. The molecule has 0 aliphatic rings. The zero-order valence-corrected chi connectivity index (χ0v) is 10.9. The lowest BCUT2D eigenvalue weighted by Crippen LogP contribution is -2.32. The fourth-order valence-corrected chi connectivity index (χ4v) is 1.52. The lowest BCUT2D eigenvalue weighted by atomic mass is 10.1. The number of carbonyl (C=O) groups excluding carboxylic acids is 1. The molecule has 0 aromatic heterocycles. The average Bonchev–Trinajstić information content (AvgIpc) is 2.29. The van der Waals surface area contributed by atoms with Gasteiger partial charge in [-0.15, -0.1) is 0 Å². The molecule has 0 heterocycles. The predicted molar refractivity (Wildman–Crippen MR) is 68.1 cm³/mol. The lowest BCUT2D eigenvalue weighted by molar-refractivity contribution is -0.127. The Balaban J connectivity index is 2.47. The molecular formula is C13H20N2O2. The molecule has 0 atom stereocenters. The Hall–Kier alpha value is -1.55. The first kappa shape index (κ1) is 13.5. The van der Waals surface area contributed by atoms with Crippen LogP contribution in [0.1, 0.15) is 11.1 Å². The fraction of sp³-hybridized carbons (Fsp3) is 0.462. The molecule has 94 valence electrons. The summed E-state index contributed by atoms with van der Waals surface area (Å²) in [6, 6.07) is 6.01. The van der Waals surface area contributed by atoms with Crippen LogP contribution in [0.25, 0.3) is 0 Å². The summed E-state index contributed by atoms with van der Waals surface area (Å²) in [7, 11) is 5.17. The Kier molecular flexibility index (Phi) is 4.97. The fourth-order valence-electron chi connectivity index (χ4n) is 1.52. The molecule has 0 bridgehead atoms. The highest BCUT2D eigenvalue weighted by molar-refractivity contribution is 5.77. The highest BCUT2D eigenvalue weighted by atomic mass is 16.5. The van der Waals surface area contributed by atoms with Crippen molar-refractivity contribution in [2.75, 3.05) is 27.7 Å². The van der Waals surface area contributed by atoms with Crippen molar-refractivity contribution >= 4 is 5.91 Å². The van der Waals surface area contributed by atoms with Crippen molar-refractivity contribution in [2.24, 2.45) is 0 Å². The number of likely N-dealkylation sites (N-methyl/N-ethyl adjacent to an activating group) is 1. The minimum absolute atomic E-state index is 0.0789. The molecule has 0 saturated carbocycles. The van der Waals surface area contributed by atoms with Gasteiger partial charge < -0.3 is 15.0 Å². The van der Waals surface area contributed by atoms with Crippen LogP contribution in [0.5, 0.6) is 5.75 Å². The van der Waals surface area contributed by atoms with E-state index in [0.717, 1.165) is 16.9 Å². The molecule has 1 amide bonds. The third kappa shape index (κ3) is 4.07. The van der Waals surface area contributed by atoms with Gasteiger partial charge in [0.05, 0.1) is 13.7 Å². The topological polar surface area (TPSA) is 41.6 Å². The Morgan fingerprint density at radius 2 is 2.12 bits per heavy atom. The highest BCUT2D eigenvalue weighted by Gasteiger charge is 2.03. The van der Waals surface area contributed by atoms with Crippen molar-refractivity contribution in [1.29, 1.82) is 0 Å². The van der Waals surface area contributed by atoms with E-state index >= 15 is 0 Å². The number of hydrogen-bond donors (Lipinski definition) is 1. The van der Waals surface area contributed by atoms with Crippen molar-refractivity contribution in [3.8, 4) is 5.75 Å². The van der Waals surface area contributed by atoms with Crippen molar-refractivity contribution < 1.29 is 9.53 Å². The van der Waals surface area contributed by atoms with Crippen LogP contribution >= 0.6 is 0 Å². The number of amides is 1. The first-order chi connectivity index (χ1) is 8.04. The van der Waals surface area contributed by atoms with Gasteiger partial charge >= 0.3 is 0 Å². The number of methoxy groups -OCH3 is 1. The molecule has 0 aliphatic carbocycles. The van der Waals surface area contributed by atoms with Crippen LogP contribution in [0.15, 0.2) is 18.2 Å². The summed E-state index contributed by atoms with van der Waals surface area (Å²) in [5, 5.41) is 3.12. The molecule has 0 radical (unpaired) electrons. The van der Waals surface area contributed by atoms with Gasteiger partial charge in [0.25, 0.3) is 0 Å². The number of nitrogens with one attached hydrogen (secondary N) is 1. The molecule has 1 N–H and O–H groups in total. The molecule has 0 fully saturated rings. The molecule has 0 unspecified atom stereocenters. The van der Waals surface area contributed by atoms with E-state index in [0.29, 0.717) is 13.1 Å². The molecule has 4 heteroatoms. The maximum atomic E-state index is 11.3. The van der Waals surface area contributed by atoms with Crippen molar-refractivity contribution in [1.82, 2.24) is 10.2 Å². The van der Waals surface area contributed by atoms with Crippen molar-refractivity contribution in [3.05, 3.63) is 29.3 Å². The lowest BCUT2D eigenvalue weighted by Gasteiger charge is -2.11. The van der Waals surface area contributed by atoms with Crippen molar-refractivity contribution in [3.63, 3.8) is 0 Å². The Morgan fingerprint density at radius 3 is 2.65 bits per heavy atom. The summed E-state index contributed by atoms with van der Waals surface area (Å²) < 4.78 is 5.19. The molecule has 0 saturated heterocycles. The molecule has 1 rings (SSSR count). The zero-order valence-electron chi connectivity index (χ0n) is 10.9. The summed E-state index contributed by atoms with van der Waals surface area (Å²) in [6.45, 7) is 3.05. The average molecular weight is 236 g/mol. The first-order valence-corrected chi connectivity index (χ1v) is 5.59. The molecule has 1 aromatic carbocycles. The maximum absolute atomic E-state index is 11.3. The quantitative estimate of drug-likeness (QED) is 0.834. The number of rotatable bonds is 5. The summed E-state index contributed by atoms with van der Waals surface area (Å²) in [6.07, 6.45) is 0. The number of hydrogen-bond acceptors (Lipinski definition) is 3. The third-order valence-electron chi connectivity index (χ3n) is 2.56. The van der Waals surface area contributed by atoms with Crippen LogP contribution in [-0.4, -0.2) is 38.6 Å². The van der Waals surface area contributed by atoms with Crippen molar-refractivity contribution in [2.45, 2.75) is 13.5 Å². The van der Waals surface area contributed by atoms with E-state index in [4.69, 9.17) is 4.74 Å². The molecule has 1 aromatic rings. The van der Waals surface area contributed by atoms with Gasteiger partial charge in [-0.25, -0.2) is 0 Å². The second-order valence-electron chi connectivity index (χ2n) is 4.20. The van der Waals surface area contributed by atoms with Crippen LogP contribution in [0.4, 0.5) is 0 Å². The number of ether oxygens (including phenoxy) is 1. The van der Waals surface area contributed by atoms with Crippen LogP contribution < -0.4 is 10.1 Å². The second-order valence-corrected chi connectivity index (χ2v) is 4.20. The first-order valence-electron chi connectivity index (χ1n) is 5.59. The number of aryl methyl sites for hydroxylation is 1. The SMILES string of the molecule is COc1ccc(CNCC(=O)N(C)C)cc1C. The molecule has 4 nitrogen and oxygen atoms in total. The third-order valence-corrected chi connectivity index (χ3v) is 2.56. The summed E-state index contributed by atoms with van der Waals surface area (Å²) in [4.78, 5) is 12.9.